The normalized spacial score (nSPS) is 20.5. The minimum atomic E-state index is -0.245. The number of piperidine rings is 1. The molecule has 1 aromatic rings. The van der Waals surface area contributed by atoms with E-state index in [1.807, 2.05) is 4.90 Å². The van der Waals surface area contributed by atoms with E-state index in [0.29, 0.717) is 25.3 Å². The van der Waals surface area contributed by atoms with Gasteiger partial charge in [0.25, 0.3) is 5.91 Å². The van der Waals surface area contributed by atoms with Gasteiger partial charge in [-0.1, -0.05) is 0 Å². The molecule has 1 aromatic carbocycles. The molecule has 0 radical (unpaired) electrons. The lowest BCUT2D eigenvalue weighted by Gasteiger charge is -2.46. The van der Waals surface area contributed by atoms with Crippen molar-refractivity contribution in [3.8, 4) is 17.2 Å². The first-order chi connectivity index (χ1) is 12.0. The number of carbonyl (C=O) groups excluding carboxylic acids is 1. The number of aromatic hydroxyl groups is 1. The number of nitrogens with zero attached hydrogens (tertiary/aromatic N) is 2. The zero-order valence-electron chi connectivity index (χ0n) is 15.1. The average Bonchev–Trinajstić information content (AvgIpc) is 2.64. The summed E-state index contributed by atoms with van der Waals surface area (Å²) in [6.07, 6.45) is 1.85. The third-order valence-corrected chi connectivity index (χ3v) is 5.16. The van der Waals surface area contributed by atoms with Crippen LogP contribution in [0.15, 0.2) is 12.1 Å². The molecule has 7 nitrogen and oxygen atoms in total. The Morgan fingerprint density at radius 3 is 2.32 bits per heavy atom. The molecule has 0 saturated carbocycles. The molecule has 7 heteroatoms. The Hall–Kier alpha value is -1.99. The van der Waals surface area contributed by atoms with E-state index in [-0.39, 0.29) is 28.8 Å². The molecule has 2 aliphatic heterocycles. The van der Waals surface area contributed by atoms with Crippen LogP contribution in [0, 0.1) is 0 Å². The monoisotopic (exact) mass is 350 g/mol. The van der Waals surface area contributed by atoms with Gasteiger partial charge in [-0.3, -0.25) is 4.79 Å². The number of hydrogen-bond donors (Lipinski definition) is 1. The fourth-order valence-electron chi connectivity index (χ4n) is 3.55. The first-order valence-corrected chi connectivity index (χ1v) is 8.55. The zero-order valence-corrected chi connectivity index (χ0v) is 15.1. The number of phenols is 1. The maximum Gasteiger partial charge on any atom is 0.254 e. The van der Waals surface area contributed by atoms with Crippen LogP contribution in [0.3, 0.4) is 0 Å². The summed E-state index contributed by atoms with van der Waals surface area (Å²) in [5, 5.41) is 10.0. The summed E-state index contributed by atoms with van der Waals surface area (Å²) in [7, 11) is 5.00. The molecule has 0 aromatic heterocycles. The third kappa shape index (κ3) is 3.52. The average molecular weight is 350 g/mol. The Labute approximate surface area is 148 Å². The minimum Gasteiger partial charge on any atom is -0.502 e. The molecule has 0 unspecified atom stereocenters. The van der Waals surface area contributed by atoms with Gasteiger partial charge in [0, 0.05) is 25.2 Å². The van der Waals surface area contributed by atoms with E-state index in [9.17, 15) is 9.90 Å². The summed E-state index contributed by atoms with van der Waals surface area (Å²) >= 11 is 0. The highest BCUT2D eigenvalue weighted by Crippen LogP contribution is 2.38. The quantitative estimate of drug-likeness (QED) is 0.887. The molecule has 1 spiro atoms. The lowest BCUT2D eigenvalue weighted by Crippen LogP contribution is -2.57. The number of amides is 1. The first kappa shape index (κ1) is 17.8. The SMILES string of the molecule is COc1cc(C(=O)N2CCOC3(CCN(C)CC3)C2)cc(OC)c1O. The maximum absolute atomic E-state index is 13.0. The molecule has 25 heavy (non-hydrogen) atoms. The molecular formula is C18H26N2O5. The van der Waals surface area contributed by atoms with Crippen LogP contribution >= 0.6 is 0 Å². The van der Waals surface area contributed by atoms with E-state index < -0.39 is 0 Å². The van der Waals surface area contributed by atoms with Gasteiger partial charge in [0.2, 0.25) is 5.75 Å². The van der Waals surface area contributed by atoms with Crippen LogP contribution in [-0.4, -0.2) is 80.5 Å². The van der Waals surface area contributed by atoms with Crippen molar-refractivity contribution in [3.05, 3.63) is 17.7 Å². The Morgan fingerprint density at radius 2 is 1.76 bits per heavy atom. The van der Waals surface area contributed by atoms with Crippen molar-refractivity contribution in [2.45, 2.75) is 18.4 Å². The van der Waals surface area contributed by atoms with Crippen LogP contribution < -0.4 is 9.47 Å². The second kappa shape index (κ2) is 7.09. The summed E-state index contributed by atoms with van der Waals surface area (Å²) in [5.41, 5.74) is 0.197. The molecule has 2 saturated heterocycles. The maximum atomic E-state index is 13.0. The second-order valence-corrected chi connectivity index (χ2v) is 6.79. The lowest BCUT2D eigenvalue weighted by molar-refractivity contribution is -0.125. The molecule has 3 rings (SSSR count). The smallest absolute Gasteiger partial charge is 0.254 e. The molecule has 2 aliphatic rings. The molecule has 2 heterocycles. The number of phenolic OH excluding ortho intramolecular Hbond substituents is 1. The summed E-state index contributed by atoms with van der Waals surface area (Å²) in [4.78, 5) is 17.1. The number of likely N-dealkylation sites (tertiary alicyclic amines) is 1. The van der Waals surface area contributed by atoms with E-state index >= 15 is 0 Å². The van der Waals surface area contributed by atoms with Gasteiger partial charge in [-0.25, -0.2) is 0 Å². The van der Waals surface area contributed by atoms with Gasteiger partial charge in [-0.2, -0.15) is 0 Å². The van der Waals surface area contributed by atoms with Crippen LogP contribution in [0.5, 0.6) is 17.2 Å². The fraction of sp³-hybridized carbons (Fsp3) is 0.611. The molecular weight excluding hydrogens is 324 g/mol. The highest BCUT2D eigenvalue weighted by Gasteiger charge is 2.40. The van der Waals surface area contributed by atoms with E-state index in [0.717, 1.165) is 25.9 Å². The number of benzene rings is 1. The number of methoxy groups -OCH3 is 2. The van der Waals surface area contributed by atoms with Gasteiger partial charge in [-0.15, -0.1) is 0 Å². The van der Waals surface area contributed by atoms with E-state index in [1.165, 1.54) is 14.2 Å². The van der Waals surface area contributed by atoms with Crippen molar-refractivity contribution in [2.24, 2.45) is 0 Å². The molecule has 1 amide bonds. The number of rotatable bonds is 3. The Bertz CT molecular complexity index is 615. The molecule has 1 N–H and O–H groups in total. The second-order valence-electron chi connectivity index (χ2n) is 6.79. The van der Waals surface area contributed by atoms with Crippen molar-refractivity contribution >= 4 is 5.91 Å². The predicted molar refractivity (Wildman–Crippen MR) is 92.5 cm³/mol. The Kier molecular flexibility index (Phi) is 5.06. The fourth-order valence-corrected chi connectivity index (χ4v) is 3.55. The largest absolute Gasteiger partial charge is 0.502 e. The summed E-state index contributed by atoms with van der Waals surface area (Å²) in [5.74, 6) is 0.253. The molecule has 0 aliphatic carbocycles. The van der Waals surface area contributed by atoms with Crippen LogP contribution in [0.4, 0.5) is 0 Å². The standard InChI is InChI=1S/C18H26N2O5/c1-19-6-4-18(5-7-19)12-20(8-9-25-18)17(22)13-10-14(23-2)16(21)15(11-13)24-3/h10-11,21H,4-9,12H2,1-3H3. The van der Waals surface area contributed by atoms with Crippen LogP contribution in [-0.2, 0) is 4.74 Å². The van der Waals surface area contributed by atoms with Crippen LogP contribution in [0.25, 0.3) is 0 Å². The van der Waals surface area contributed by atoms with Crippen molar-refractivity contribution < 1.29 is 24.1 Å². The van der Waals surface area contributed by atoms with E-state index in [1.54, 1.807) is 12.1 Å². The number of morpholine rings is 1. The molecule has 138 valence electrons. The van der Waals surface area contributed by atoms with Crippen molar-refractivity contribution in [1.82, 2.24) is 9.80 Å². The summed E-state index contributed by atoms with van der Waals surface area (Å²) in [6, 6.07) is 3.11. The van der Waals surface area contributed by atoms with Crippen molar-refractivity contribution in [1.29, 1.82) is 0 Å². The van der Waals surface area contributed by atoms with Gasteiger partial charge in [-0.05, 0) is 32.0 Å². The number of ether oxygens (including phenoxy) is 3. The van der Waals surface area contributed by atoms with Gasteiger partial charge in [0.1, 0.15) is 0 Å². The van der Waals surface area contributed by atoms with Crippen molar-refractivity contribution in [2.75, 3.05) is 54.1 Å². The lowest BCUT2D eigenvalue weighted by atomic mass is 9.89. The third-order valence-electron chi connectivity index (χ3n) is 5.16. The van der Waals surface area contributed by atoms with Gasteiger partial charge >= 0.3 is 0 Å². The van der Waals surface area contributed by atoms with E-state index in [2.05, 4.69) is 11.9 Å². The van der Waals surface area contributed by atoms with Crippen molar-refractivity contribution in [3.63, 3.8) is 0 Å². The topological polar surface area (TPSA) is 71.5 Å². The zero-order chi connectivity index (χ0) is 18.0. The summed E-state index contributed by atoms with van der Waals surface area (Å²) < 4.78 is 16.4. The van der Waals surface area contributed by atoms with Crippen LogP contribution in [0.2, 0.25) is 0 Å². The first-order valence-electron chi connectivity index (χ1n) is 8.55. The number of hydrogen-bond acceptors (Lipinski definition) is 6. The van der Waals surface area contributed by atoms with Gasteiger partial charge < -0.3 is 29.1 Å². The molecule has 0 atom stereocenters. The Morgan fingerprint density at radius 1 is 1.16 bits per heavy atom. The highest BCUT2D eigenvalue weighted by molar-refractivity contribution is 5.95. The molecule has 2 fully saturated rings. The summed E-state index contributed by atoms with van der Waals surface area (Å²) in [6.45, 7) is 3.64. The van der Waals surface area contributed by atoms with E-state index in [4.69, 9.17) is 14.2 Å². The number of carbonyl (C=O) groups is 1. The van der Waals surface area contributed by atoms with Gasteiger partial charge in [0.15, 0.2) is 11.5 Å². The van der Waals surface area contributed by atoms with Gasteiger partial charge in [0.05, 0.1) is 33.0 Å². The molecule has 0 bridgehead atoms. The predicted octanol–water partition coefficient (Wildman–Crippen LogP) is 1.35. The highest BCUT2D eigenvalue weighted by atomic mass is 16.5. The van der Waals surface area contributed by atoms with Crippen LogP contribution in [0.1, 0.15) is 23.2 Å². The minimum absolute atomic E-state index is 0.0989. The Balaban J connectivity index is 1.81.